The number of rotatable bonds is 12. The molecule has 0 radical (unpaired) electrons. The second kappa shape index (κ2) is 13.3. The molecule has 0 aromatic heterocycles. The molecule has 0 bridgehead atoms. The van der Waals surface area contributed by atoms with Crippen LogP contribution in [0, 0.1) is 0 Å². The van der Waals surface area contributed by atoms with Crippen molar-refractivity contribution >= 4 is 41.5 Å². The lowest BCUT2D eigenvalue weighted by molar-refractivity contribution is -0.110. The van der Waals surface area contributed by atoms with E-state index in [1.165, 1.54) is 11.1 Å². The number of hydrogen-bond donors (Lipinski definition) is 2. The summed E-state index contributed by atoms with van der Waals surface area (Å²) in [4.78, 5) is 15.7. The maximum atomic E-state index is 13.6. The summed E-state index contributed by atoms with van der Waals surface area (Å²) in [6, 6.07) is 33.6. The van der Waals surface area contributed by atoms with Gasteiger partial charge in [-0.3, -0.25) is 14.3 Å². The molecule has 1 amide bonds. The van der Waals surface area contributed by atoms with Gasteiger partial charge in [0.2, 0.25) is 0 Å². The van der Waals surface area contributed by atoms with Gasteiger partial charge in [-0.15, -0.1) is 0 Å². The van der Waals surface area contributed by atoms with Crippen molar-refractivity contribution in [2.24, 2.45) is 0 Å². The van der Waals surface area contributed by atoms with E-state index in [1.807, 2.05) is 48.5 Å². The molecule has 4 aromatic rings. The van der Waals surface area contributed by atoms with Gasteiger partial charge in [0, 0.05) is 30.0 Å². The van der Waals surface area contributed by atoms with Crippen LogP contribution in [-0.2, 0) is 31.5 Å². The first kappa shape index (κ1) is 29.5. The zero-order chi connectivity index (χ0) is 29.5. The van der Waals surface area contributed by atoms with Crippen molar-refractivity contribution < 1.29 is 18.4 Å². The van der Waals surface area contributed by atoms with Gasteiger partial charge in [0.05, 0.1) is 29.8 Å². The first-order valence-corrected chi connectivity index (χ1v) is 15.7. The summed E-state index contributed by atoms with van der Waals surface area (Å²) in [5.41, 5.74) is 6.56. The number of benzene rings is 4. The lowest BCUT2D eigenvalue weighted by Crippen LogP contribution is -2.17. The third-order valence-electron chi connectivity index (χ3n) is 6.95. The van der Waals surface area contributed by atoms with Crippen LogP contribution < -0.4 is 15.9 Å². The van der Waals surface area contributed by atoms with Gasteiger partial charge in [0.15, 0.2) is 0 Å². The largest absolute Gasteiger partial charge is 0.361 e. The quantitative estimate of drug-likeness (QED) is 0.137. The van der Waals surface area contributed by atoms with E-state index in [0.29, 0.717) is 27.8 Å². The highest BCUT2D eigenvalue weighted by Crippen LogP contribution is 2.48. The van der Waals surface area contributed by atoms with E-state index in [1.54, 1.807) is 32.0 Å². The smallest absolute Gasteiger partial charge is 0.354 e. The van der Waals surface area contributed by atoms with E-state index in [-0.39, 0.29) is 19.1 Å². The first-order valence-electron chi connectivity index (χ1n) is 14.1. The monoisotopic (exact) mass is 581 g/mol. The highest BCUT2D eigenvalue weighted by atomic mass is 31.2. The molecule has 7 nitrogen and oxygen atoms in total. The average molecular weight is 582 g/mol. The minimum absolute atomic E-state index is 0.239. The molecule has 0 unspecified atom stereocenters. The number of hydrogen-bond acceptors (Lipinski definition) is 6. The van der Waals surface area contributed by atoms with E-state index < -0.39 is 7.60 Å². The molecule has 5 rings (SSSR count). The minimum atomic E-state index is -3.54. The van der Waals surface area contributed by atoms with Crippen LogP contribution in [0.3, 0.4) is 0 Å². The van der Waals surface area contributed by atoms with Crippen LogP contribution in [-0.4, -0.2) is 31.1 Å². The van der Waals surface area contributed by atoms with Gasteiger partial charge in [-0.2, -0.15) is 0 Å². The lowest BCUT2D eigenvalue weighted by atomic mass is 10.00. The molecule has 2 N–H and O–H groups in total. The zero-order valence-electron chi connectivity index (χ0n) is 24.2. The van der Waals surface area contributed by atoms with E-state index >= 15 is 0 Å². The summed E-state index contributed by atoms with van der Waals surface area (Å²) >= 11 is 0. The molecule has 0 saturated heterocycles. The van der Waals surface area contributed by atoms with Gasteiger partial charge in [-0.05, 0) is 67.9 Å². The van der Waals surface area contributed by atoms with Gasteiger partial charge in [0.25, 0.3) is 5.91 Å². The molecular formula is C34H36N3O4P. The molecule has 4 aromatic carbocycles. The third-order valence-corrected chi connectivity index (χ3v) is 9.05. The molecule has 1 aliphatic rings. The highest BCUT2D eigenvalue weighted by molar-refractivity contribution is 7.62. The molecule has 0 atom stereocenters. The number of nitrogens with zero attached hydrogens (tertiary/aromatic N) is 1. The highest BCUT2D eigenvalue weighted by Gasteiger charge is 2.33. The molecule has 8 heteroatoms. The van der Waals surface area contributed by atoms with Crippen molar-refractivity contribution in [2.75, 3.05) is 30.9 Å². The normalized spacial score (nSPS) is 14.0. The molecule has 216 valence electrons. The molecule has 0 aliphatic carbocycles. The molecule has 0 spiro atoms. The summed E-state index contributed by atoms with van der Waals surface area (Å²) in [6.07, 6.45) is 0. The van der Waals surface area contributed by atoms with E-state index in [0.717, 1.165) is 24.3 Å². The van der Waals surface area contributed by atoms with Gasteiger partial charge >= 0.3 is 7.60 Å². The summed E-state index contributed by atoms with van der Waals surface area (Å²) in [6.45, 7) is 5.70. The maximum Gasteiger partial charge on any atom is 0.361 e. The van der Waals surface area contributed by atoms with Crippen molar-refractivity contribution in [2.45, 2.75) is 26.9 Å². The fourth-order valence-corrected chi connectivity index (χ4v) is 6.68. The minimum Gasteiger partial charge on any atom is -0.354 e. The van der Waals surface area contributed by atoms with Crippen LogP contribution in [0.15, 0.2) is 103 Å². The van der Waals surface area contributed by atoms with Gasteiger partial charge in [-0.25, -0.2) is 0 Å². The second-order valence-corrected chi connectivity index (χ2v) is 12.1. The van der Waals surface area contributed by atoms with Crippen LogP contribution in [0.2, 0.25) is 0 Å². The Bertz CT molecular complexity index is 1600. The van der Waals surface area contributed by atoms with E-state index in [9.17, 15) is 9.36 Å². The maximum absolute atomic E-state index is 13.6. The molecule has 42 heavy (non-hydrogen) atoms. The van der Waals surface area contributed by atoms with Crippen LogP contribution in [0.5, 0.6) is 0 Å². The van der Waals surface area contributed by atoms with Crippen molar-refractivity contribution in [3.8, 4) is 0 Å². The van der Waals surface area contributed by atoms with Crippen molar-refractivity contribution in [1.82, 2.24) is 4.90 Å². The predicted molar refractivity (Wildman–Crippen MR) is 170 cm³/mol. The van der Waals surface area contributed by atoms with E-state index in [4.69, 9.17) is 9.05 Å². The van der Waals surface area contributed by atoms with Gasteiger partial charge in [-0.1, -0.05) is 72.8 Å². The number of nitrogens with one attached hydrogen (secondary N) is 2. The standard InChI is InChI=1S/C34H36N3O4P/c1-4-40-42(39,41-5-2)29-20-21-31-30(22-29)32(34(38)36-31)33(27-14-10-7-11-15-27)35-28-18-16-26(17-19-28)24-37(3)23-25-12-8-6-9-13-25/h6-22,35H,4-5,23-24H2,1-3H3,(H,36,38). The van der Waals surface area contributed by atoms with Crippen molar-refractivity contribution in [1.29, 1.82) is 0 Å². The molecule has 1 aliphatic heterocycles. The number of amides is 1. The predicted octanol–water partition coefficient (Wildman–Crippen LogP) is 7.14. The molecule has 0 fully saturated rings. The van der Waals surface area contributed by atoms with Gasteiger partial charge < -0.3 is 19.7 Å². The number of fused-ring (bicyclic) bond motifs is 1. The molecule has 0 saturated carbocycles. The molecular weight excluding hydrogens is 545 g/mol. The summed E-state index contributed by atoms with van der Waals surface area (Å²) < 4.78 is 24.7. The average Bonchev–Trinajstić information content (AvgIpc) is 3.32. The van der Waals surface area contributed by atoms with Crippen molar-refractivity contribution in [3.05, 3.63) is 125 Å². The summed E-state index contributed by atoms with van der Waals surface area (Å²) in [7, 11) is -1.44. The van der Waals surface area contributed by atoms with Crippen molar-refractivity contribution in [3.63, 3.8) is 0 Å². The first-order chi connectivity index (χ1) is 20.4. The number of carbonyl (C=O) groups is 1. The Labute approximate surface area is 247 Å². The Balaban J connectivity index is 1.47. The number of carbonyl (C=O) groups excluding carboxylic acids is 1. The Morgan fingerprint density at radius 3 is 2.02 bits per heavy atom. The fourth-order valence-electron chi connectivity index (χ4n) is 5.08. The van der Waals surface area contributed by atoms with E-state index in [2.05, 4.69) is 59.0 Å². The van der Waals surface area contributed by atoms with Crippen LogP contribution >= 0.6 is 7.60 Å². The topological polar surface area (TPSA) is 79.9 Å². The second-order valence-electron chi connectivity index (χ2n) is 10.1. The fraction of sp³-hybridized carbons (Fsp3) is 0.206. The lowest BCUT2D eigenvalue weighted by Gasteiger charge is -2.19. The Morgan fingerprint density at radius 1 is 0.810 bits per heavy atom. The summed E-state index contributed by atoms with van der Waals surface area (Å²) in [5, 5.41) is 6.89. The van der Waals surface area contributed by atoms with Gasteiger partial charge in [0.1, 0.15) is 0 Å². The SMILES string of the molecule is CCOP(=O)(OCC)c1ccc2c(c1)C(=C(Nc1ccc(CN(C)Cc3ccccc3)cc1)c1ccccc1)C(=O)N2. The molecule has 1 heterocycles. The Hall–Kier alpha value is -4.00. The third kappa shape index (κ3) is 6.72. The van der Waals surface area contributed by atoms with Crippen LogP contribution in [0.25, 0.3) is 11.3 Å². The summed E-state index contributed by atoms with van der Waals surface area (Å²) in [5.74, 6) is -0.240. The van der Waals surface area contributed by atoms with Crippen LogP contribution in [0.4, 0.5) is 11.4 Å². The zero-order valence-corrected chi connectivity index (χ0v) is 25.1. The number of anilines is 2. The van der Waals surface area contributed by atoms with Crippen LogP contribution in [0.1, 0.15) is 36.1 Å². The Morgan fingerprint density at radius 2 is 1.40 bits per heavy atom. The Kier molecular flexibility index (Phi) is 9.35.